The molecule has 0 fully saturated rings. The van der Waals surface area contributed by atoms with Gasteiger partial charge in [0.05, 0.1) is 5.97 Å². The van der Waals surface area contributed by atoms with Crippen LogP contribution in [0.4, 0.5) is 5.69 Å². The Kier molecular flexibility index (Phi) is 6.79. The number of quaternary nitrogens is 1. The number of rotatable bonds is 3. The fraction of sp³-hybridized carbons (Fsp3) is 0.176. The zero-order valence-corrected chi connectivity index (χ0v) is 12.8. The number of hydrogen-bond acceptors (Lipinski definition) is 3. The maximum absolute atomic E-state index is 11.0. The van der Waals surface area contributed by atoms with Gasteiger partial charge in [0.1, 0.15) is 0 Å². The minimum atomic E-state index is -1.13. The van der Waals surface area contributed by atoms with Gasteiger partial charge in [-0.15, -0.1) is 0 Å². The number of amides is 1. The molecule has 0 aliphatic heterocycles. The maximum Gasteiger partial charge on any atom is 0.279 e. The largest absolute Gasteiger partial charge is 0.545 e. The molecule has 0 radical (unpaired) electrons. The zero-order valence-electron chi connectivity index (χ0n) is 12.8. The van der Waals surface area contributed by atoms with Gasteiger partial charge < -0.3 is 21.0 Å². The van der Waals surface area contributed by atoms with Crippen LogP contribution in [0, 0.1) is 13.8 Å². The Morgan fingerprint density at radius 2 is 1.68 bits per heavy atom. The number of carbonyl (C=O) groups is 2. The van der Waals surface area contributed by atoms with E-state index >= 15 is 0 Å². The van der Waals surface area contributed by atoms with Crippen molar-refractivity contribution in [1.29, 1.82) is 0 Å². The molecule has 0 unspecified atom stereocenters. The Hall–Kier alpha value is -2.66. The Morgan fingerprint density at radius 3 is 2.14 bits per heavy atom. The Labute approximate surface area is 129 Å². The molecule has 22 heavy (non-hydrogen) atoms. The van der Waals surface area contributed by atoms with Crippen LogP contribution in [0.5, 0.6) is 0 Å². The van der Waals surface area contributed by atoms with Crippen LogP contribution >= 0.6 is 0 Å². The highest BCUT2D eigenvalue weighted by molar-refractivity contribution is 5.91. The first-order valence-electron chi connectivity index (χ1n) is 6.86. The normalized spacial score (nSPS) is 9.41. The predicted octanol–water partition coefficient (Wildman–Crippen LogP) is 0.534. The van der Waals surface area contributed by atoms with Crippen molar-refractivity contribution in [3.05, 3.63) is 65.2 Å². The molecule has 0 spiro atoms. The third-order valence-corrected chi connectivity index (χ3v) is 3.03. The first-order valence-corrected chi connectivity index (χ1v) is 6.86. The number of carboxylic acid groups (broad SMARTS) is 1. The van der Waals surface area contributed by atoms with E-state index in [9.17, 15) is 14.7 Å². The number of aromatic carboxylic acids is 1. The molecule has 2 aromatic carbocycles. The lowest BCUT2D eigenvalue weighted by Gasteiger charge is -2.05. The second kappa shape index (κ2) is 8.59. The summed E-state index contributed by atoms with van der Waals surface area (Å²) in [7, 11) is 0. The lowest BCUT2D eigenvalue weighted by molar-refractivity contribution is -0.353. The van der Waals surface area contributed by atoms with Gasteiger partial charge in [-0.3, -0.25) is 4.79 Å². The smallest absolute Gasteiger partial charge is 0.279 e. The molecule has 0 aromatic heterocycles. The Balaban J connectivity index is 0.000000235. The van der Waals surface area contributed by atoms with Gasteiger partial charge in [-0.2, -0.15) is 0 Å². The zero-order chi connectivity index (χ0) is 16.5. The maximum atomic E-state index is 11.0. The van der Waals surface area contributed by atoms with Crippen molar-refractivity contribution in [2.24, 2.45) is 0 Å². The molecule has 0 atom stereocenters. The van der Waals surface area contributed by atoms with Gasteiger partial charge in [-0.05, 0) is 42.7 Å². The third-order valence-electron chi connectivity index (χ3n) is 3.03. The molecule has 1 amide bonds. The molecule has 0 bridgehead atoms. The molecule has 2 aromatic rings. The number of benzene rings is 2. The highest BCUT2D eigenvalue weighted by Crippen LogP contribution is 2.13. The highest BCUT2D eigenvalue weighted by Gasteiger charge is 2.01. The molecule has 0 saturated heterocycles. The number of nitrogens with one attached hydrogen (secondary N) is 1. The van der Waals surface area contributed by atoms with E-state index in [1.807, 2.05) is 32.0 Å². The summed E-state index contributed by atoms with van der Waals surface area (Å²) < 4.78 is 0. The fourth-order valence-electron chi connectivity index (χ4n) is 1.62. The summed E-state index contributed by atoms with van der Waals surface area (Å²) in [5.41, 5.74) is 6.99. The van der Waals surface area contributed by atoms with Gasteiger partial charge in [0.25, 0.3) is 5.91 Å². The number of hydrogen-bond donors (Lipinski definition) is 2. The molecule has 5 heteroatoms. The van der Waals surface area contributed by atoms with Gasteiger partial charge in [-0.25, -0.2) is 0 Å². The Morgan fingerprint density at radius 1 is 1.05 bits per heavy atom. The molecule has 4 N–H and O–H groups in total. The quantitative estimate of drug-likeness (QED) is 0.865. The van der Waals surface area contributed by atoms with E-state index in [1.54, 1.807) is 18.2 Å². The average molecular weight is 300 g/mol. The standard InChI is InChI=1S/C10H14N2O.C7H6O2/c1-7-3-4-9(5-8(7)2)12-10(13)6-11;8-7(9)6-4-2-1-3-5-6/h3-5H,6,11H2,1-2H3,(H,12,13);1-5H,(H,8,9). The molecule has 2 rings (SSSR count). The molecule has 0 aliphatic carbocycles. The summed E-state index contributed by atoms with van der Waals surface area (Å²) in [4.78, 5) is 21.1. The van der Waals surface area contributed by atoms with E-state index in [0.717, 1.165) is 5.69 Å². The fourth-order valence-corrected chi connectivity index (χ4v) is 1.62. The van der Waals surface area contributed by atoms with Crippen molar-refractivity contribution in [1.82, 2.24) is 0 Å². The summed E-state index contributed by atoms with van der Waals surface area (Å²) in [6.07, 6.45) is 0. The predicted molar refractivity (Wildman–Crippen MR) is 83.1 cm³/mol. The van der Waals surface area contributed by atoms with Crippen LogP contribution in [0.2, 0.25) is 0 Å². The van der Waals surface area contributed by atoms with Gasteiger partial charge in [0.15, 0.2) is 6.54 Å². The van der Waals surface area contributed by atoms with Crippen molar-refractivity contribution in [2.45, 2.75) is 13.8 Å². The average Bonchev–Trinajstić information content (AvgIpc) is 2.52. The summed E-state index contributed by atoms with van der Waals surface area (Å²) in [6.45, 7) is 4.34. The van der Waals surface area contributed by atoms with E-state index in [-0.39, 0.29) is 18.0 Å². The van der Waals surface area contributed by atoms with Crippen LogP contribution in [0.3, 0.4) is 0 Å². The molecule has 0 heterocycles. The monoisotopic (exact) mass is 300 g/mol. The first kappa shape index (κ1) is 17.4. The van der Waals surface area contributed by atoms with Crippen molar-refractivity contribution < 1.29 is 20.4 Å². The number of carboxylic acids is 1. The van der Waals surface area contributed by atoms with E-state index in [0.29, 0.717) is 0 Å². The Bertz CT molecular complexity index is 640. The molecular weight excluding hydrogens is 280 g/mol. The van der Waals surface area contributed by atoms with Crippen molar-refractivity contribution in [2.75, 3.05) is 11.9 Å². The number of anilines is 1. The SMILES string of the molecule is Cc1ccc(NC(=O)C[NH3+])cc1C.O=C([O-])c1ccccc1. The van der Waals surface area contributed by atoms with E-state index in [2.05, 4.69) is 11.1 Å². The molecular formula is C17H20N2O3. The van der Waals surface area contributed by atoms with Crippen molar-refractivity contribution in [3.63, 3.8) is 0 Å². The van der Waals surface area contributed by atoms with Gasteiger partial charge >= 0.3 is 0 Å². The van der Waals surface area contributed by atoms with Crippen LogP contribution in [0.15, 0.2) is 48.5 Å². The van der Waals surface area contributed by atoms with Crippen molar-refractivity contribution >= 4 is 17.6 Å². The highest BCUT2D eigenvalue weighted by atomic mass is 16.4. The first-order chi connectivity index (χ1) is 10.4. The lowest BCUT2D eigenvalue weighted by Crippen LogP contribution is -2.55. The van der Waals surface area contributed by atoms with E-state index in [4.69, 9.17) is 0 Å². The minimum Gasteiger partial charge on any atom is -0.545 e. The third kappa shape index (κ3) is 5.76. The minimum absolute atomic E-state index is 0.0525. The lowest BCUT2D eigenvalue weighted by atomic mass is 10.1. The number of carbonyl (C=O) groups excluding carboxylic acids is 2. The molecule has 5 nitrogen and oxygen atoms in total. The summed E-state index contributed by atoms with van der Waals surface area (Å²) in [6, 6.07) is 13.9. The van der Waals surface area contributed by atoms with Crippen LogP contribution < -0.4 is 16.2 Å². The van der Waals surface area contributed by atoms with Crippen LogP contribution in [-0.2, 0) is 4.79 Å². The van der Waals surface area contributed by atoms with Crippen molar-refractivity contribution in [3.8, 4) is 0 Å². The van der Waals surface area contributed by atoms with Crippen LogP contribution in [0.1, 0.15) is 21.5 Å². The summed E-state index contributed by atoms with van der Waals surface area (Å²) in [5, 5.41) is 12.8. The van der Waals surface area contributed by atoms with Crippen LogP contribution in [0.25, 0.3) is 0 Å². The van der Waals surface area contributed by atoms with Gasteiger partial charge in [0.2, 0.25) is 0 Å². The topological polar surface area (TPSA) is 96.9 Å². The second-order valence-electron chi connectivity index (χ2n) is 4.75. The van der Waals surface area contributed by atoms with Gasteiger partial charge in [-0.1, -0.05) is 36.4 Å². The second-order valence-corrected chi connectivity index (χ2v) is 4.75. The summed E-state index contributed by atoms with van der Waals surface area (Å²) in [5.74, 6) is -1.18. The molecule has 116 valence electrons. The van der Waals surface area contributed by atoms with E-state index in [1.165, 1.54) is 23.3 Å². The molecule has 0 aliphatic rings. The number of aryl methyl sites for hydroxylation is 2. The van der Waals surface area contributed by atoms with Crippen LogP contribution in [-0.4, -0.2) is 18.4 Å². The van der Waals surface area contributed by atoms with Gasteiger partial charge in [0, 0.05) is 5.69 Å². The summed E-state index contributed by atoms with van der Waals surface area (Å²) >= 11 is 0. The molecule has 0 saturated carbocycles. The van der Waals surface area contributed by atoms with E-state index < -0.39 is 5.97 Å².